The number of nitrogens with zero attached hydrogens (tertiary/aromatic N) is 4. The quantitative estimate of drug-likeness (QED) is 0.172. The molecule has 5 rings (SSSR count). The molecule has 10 nitrogen and oxygen atoms in total. The SMILES string of the molecule is CC(C)C(=O)O[C@@H](C)OC(=O)C[C@H](CF)C1CCC(C(=O)N2CC[C@@H](C3CCCCC3)[C@H]2C(=O)Cc2ccc(C3=NN=NC3)cc2)CC1. The van der Waals surface area contributed by atoms with E-state index in [2.05, 4.69) is 15.4 Å². The molecule has 4 atom stereocenters. The summed E-state index contributed by atoms with van der Waals surface area (Å²) in [6.07, 6.45) is 8.27. The van der Waals surface area contributed by atoms with Crippen LogP contribution in [-0.4, -0.2) is 66.3 Å². The molecule has 3 fully saturated rings. The van der Waals surface area contributed by atoms with Crippen molar-refractivity contribution in [1.82, 2.24) is 4.90 Å². The van der Waals surface area contributed by atoms with Gasteiger partial charge in [-0.15, -0.1) is 5.10 Å². The molecule has 1 saturated heterocycles. The lowest BCUT2D eigenvalue weighted by Gasteiger charge is -2.37. The predicted molar refractivity (Wildman–Crippen MR) is 178 cm³/mol. The maximum absolute atomic E-state index is 14.2. The van der Waals surface area contributed by atoms with Crippen molar-refractivity contribution in [3.63, 3.8) is 0 Å². The molecular weight excluding hydrogens is 615 g/mol. The number of hydrogen-bond donors (Lipinski definition) is 0. The topological polar surface area (TPSA) is 127 Å². The molecule has 2 aliphatic heterocycles. The number of amides is 1. The molecular formula is C37H51FN4O6. The zero-order chi connectivity index (χ0) is 34.2. The first-order valence-corrected chi connectivity index (χ1v) is 18.0. The standard InChI is InChI=1S/C37H51FN4O6/c1-23(2)37(46)48-24(3)47-34(44)20-30(21-38)26-13-15-29(16-14-26)36(45)42-18-17-31(27-7-5-4-6-8-27)35(42)33(43)19-25-9-11-28(12-10-25)32-22-39-41-40-32/h9-12,23-24,26-27,29-31,35H,4-8,13-22H2,1-3H3/t24-,26?,29?,30+,31-,35-/m0/s1. The van der Waals surface area contributed by atoms with Crippen molar-refractivity contribution in [3.8, 4) is 0 Å². The van der Waals surface area contributed by atoms with Gasteiger partial charge in [0, 0.05) is 31.7 Å². The molecule has 2 saturated carbocycles. The minimum absolute atomic E-state index is 0.0456. The van der Waals surface area contributed by atoms with Gasteiger partial charge in [0.1, 0.15) is 6.54 Å². The van der Waals surface area contributed by atoms with Gasteiger partial charge in [0.2, 0.25) is 12.2 Å². The van der Waals surface area contributed by atoms with Crippen LogP contribution in [0.3, 0.4) is 0 Å². The maximum atomic E-state index is 14.2. The summed E-state index contributed by atoms with van der Waals surface area (Å²) < 4.78 is 24.5. The average Bonchev–Trinajstić information content (AvgIpc) is 3.79. The number of benzene rings is 1. The Labute approximate surface area is 283 Å². The van der Waals surface area contributed by atoms with Crippen molar-refractivity contribution in [2.75, 3.05) is 19.8 Å². The van der Waals surface area contributed by atoms with Gasteiger partial charge in [-0.2, -0.15) is 5.11 Å². The number of Topliss-reactive ketones (excluding diaryl/α,β-unsaturated/α-hetero) is 1. The van der Waals surface area contributed by atoms with Crippen molar-refractivity contribution >= 4 is 29.3 Å². The third-order valence-electron chi connectivity index (χ3n) is 10.9. The van der Waals surface area contributed by atoms with E-state index in [1.807, 2.05) is 29.2 Å². The first kappa shape index (κ1) is 35.8. The van der Waals surface area contributed by atoms with E-state index < -0.39 is 36.9 Å². The molecule has 4 aliphatic rings. The number of ketones is 1. The van der Waals surface area contributed by atoms with Crippen molar-refractivity contribution in [2.45, 2.75) is 110 Å². The number of rotatable bonds is 13. The number of halogens is 1. The highest BCUT2D eigenvalue weighted by Gasteiger charge is 2.46. The first-order valence-electron chi connectivity index (χ1n) is 18.0. The van der Waals surface area contributed by atoms with Crippen molar-refractivity contribution in [2.24, 2.45) is 50.9 Å². The Morgan fingerprint density at radius 3 is 2.25 bits per heavy atom. The third-order valence-corrected chi connectivity index (χ3v) is 10.9. The Morgan fingerprint density at radius 2 is 1.62 bits per heavy atom. The highest BCUT2D eigenvalue weighted by Crippen LogP contribution is 2.42. The van der Waals surface area contributed by atoms with E-state index in [1.165, 1.54) is 26.2 Å². The normalized spacial score (nSPS) is 25.9. The zero-order valence-electron chi connectivity index (χ0n) is 28.7. The van der Waals surface area contributed by atoms with E-state index in [4.69, 9.17) is 9.47 Å². The molecule has 2 heterocycles. The van der Waals surface area contributed by atoms with Crippen LogP contribution >= 0.6 is 0 Å². The molecule has 0 bridgehead atoms. The second kappa shape index (κ2) is 16.7. The monoisotopic (exact) mass is 666 g/mol. The predicted octanol–water partition coefficient (Wildman–Crippen LogP) is 6.64. The Morgan fingerprint density at radius 1 is 0.917 bits per heavy atom. The number of ether oxygens (including phenoxy) is 2. The zero-order valence-corrected chi connectivity index (χ0v) is 28.7. The summed E-state index contributed by atoms with van der Waals surface area (Å²) in [5.74, 6) is -1.41. The fourth-order valence-electron chi connectivity index (χ4n) is 8.21. The molecule has 1 amide bonds. The van der Waals surface area contributed by atoms with E-state index in [-0.39, 0.29) is 48.2 Å². The first-order chi connectivity index (χ1) is 23.1. The lowest BCUT2D eigenvalue weighted by molar-refractivity contribution is -0.187. The summed E-state index contributed by atoms with van der Waals surface area (Å²) in [5.41, 5.74) is 2.67. The molecule has 0 radical (unpaired) electrons. The molecule has 48 heavy (non-hydrogen) atoms. The van der Waals surface area contributed by atoms with Gasteiger partial charge < -0.3 is 14.4 Å². The summed E-state index contributed by atoms with van der Waals surface area (Å²) >= 11 is 0. The molecule has 0 aromatic heterocycles. The van der Waals surface area contributed by atoms with Crippen LogP contribution in [0.15, 0.2) is 39.7 Å². The van der Waals surface area contributed by atoms with Crippen LogP contribution in [0.25, 0.3) is 0 Å². The molecule has 1 aromatic rings. The smallest absolute Gasteiger partial charge is 0.311 e. The Hall–Kier alpha value is -3.50. The molecule has 1 aromatic carbocycles. The van der Waals surface area contributed by atoms with E-state index in [0.29, 0.717) is 44.7 Å². The summed E-state index contributed by atoms with van der Waals surface area (Å²) in [6, 6.07) is 7.41. The van der Waals surface area contributed by atoms with Gasteiger partial charge in [0.15, 0.2) is 5.78 Å². The van der Waals surface area contributed by atoms with E-state index in [1.54, 1.807) is 13.8 Å². The summed E-state index contributed by atoms with van der Waals surface area (Å²) in [6.45, 7) is 5.25. The van der Waals surface area contributed by atoms with E-state index in [9.17, 15) is 23.6 Å². The maximum Gasteiger partial charge on any atom is 0.311 e. The van der Waals surface area contributed by atoms with Gasteiger partial charge >= 0.3 is 11.9 Å². The molecule has 0 N–H and O–H groups in total. The minimum atomic E-state index is -1.03. The van der Waals surface area contributed by atoms with Crippen molar-refractivity contribution in [1.29, 1.82) is 0 Å². The number of carbonyl (C=O) groups is 4. The van der Waals surface area contributed by atoms with Gasteiger partial charge in [-0.1, -0.05) is 70.2 Å². The minimum Gasteiger partial charge on any atom is -0.425 e. The number of alkyl halides is 1. The van der Waals surface area contributed by atoms with Crippen LogP contribution in [0.1, 0.15) is 103 Å². The number of hydrogen-bond acceptors (Lipinski definition) is 9. The Bertz CT molecular complexity index is 1350. The van der Waals surface area contributed by atoms with E-state index >= 15 is 0 Å². The Balaban J connectivity index is 1.19. The Kier molecular flexibility index (Phi) is 12.5. The highest BCUT2D eigenvalue weighted by atomic mass is 19.1. The molecule has 11 heteroatoms. The summed E-state index contributed by atoms with van der Waals surface area (Å²) in [4.78, 5) is 54.5. The molecule has 2 aliphatic carbocycles. The van der Waals surface area contributed by atoms with E-state index in [0.717, 1.165) is 36.1 Å². The lowest BCUT2D eigenvalue weighted by Crippen LogP contribution is -2.48. The van der Waals surface area contributed by atoms with Gasteiger partial charge in [0.05, 0.1) is 30.8 Å². The van der Waals surface area contributed by atoms with Crippen LogP contribution in [0.2, 0.25) is 0 Å². The largest absolute Gasteiger partial charge is 0.425 e. The number of likely N-dealkylation sites (tertiary alicyclic amines) is 1. The second-order valence-electron chi connectivity index (χ2n) is 14.5. The highest BCUT2D eigenvalue weighted by molar-refractivity contribution is 6.02. The number of carbonyl (C=O) groups excluding carboxylic acids is 4. The van der Waals surface area contributed by atoms with Crippen molar-refractivity contribution in [3.05, 3.63) is 35.4 Å². The van der Waals surface area contributed by atoms with Gasteiger partial charge in [-0.25, -0.2) is 0 Å². The molecule has 0 spiro atoms. The van der Waals surface area contributed by atoms with Crippen LogP contribution in [-0.2, 0) is 35.1 Å². The van der Waals surface area contributed by atoms with Crippen molar-refractivity contribution < 1.29 is 33.0 Å². The van der Waals surface area contributed by atoms with Crippen LogP contribution in [0.4, 0.5) is 4.39 Å². The average molecular weight is 667 g/mol. The molecule has 0 unspecified atom stereocenters. The van der Waals surface area contributed by atoms with Gasteiger partial charge in [0.25, 0.3) is 0 Å². The fourth-order valence-corrected chi connectivity index (χ4v) is 8.21. The van der Waals surface area contributed by atoms with Gasteiger partial charge in [-0.05, 0) is 66.2 Å². The van der Waals surface area contributed by atoms with Crippen LogP contribution in [0.5, 0.6) is 0 Å². The van der Waals surface area contributed by atoms with Crippen LogP contribution in [0, 0.1) is 35.5 Å². The summed E-state index contributed by atoms with van der Waals surface area (Å²) in [7, 11) is 0. The number of esters is 2. The third kappa shape index (κ3) is 8.94. The molecule has 262 valence electrons. The second-order valence-corrected chi connectivity index (χ2v) is 14.5. The fraction of sp³-hybridized carbons (Fsp3) is 0.703. The lowest BCUT2D eigenvalue weighted by atomic mass is 9.74. The van der Waals surface area contributed by atoms with Gasteiger partial charge in [-0.3, -0.25) is 23.6 Å². The van der Waals surface area contributed by atoms with Crippen LogP contribution < -0.4 is 0 Å². The summed E-state index contributed by atoms with van der Waals surface area (Å²) in [5, 5.41) is 11.7.